The number of hydrogen-bond acceptors (Lipinski definition) is 5. The summed E-state index contributed by atoms with van der Waals surface area (Å²) < 4.78 is 8.67. The maximum absolute atomic E-state index is 5.79. The summed E-state index contributed by atoms with van der Waals surface area (Å²) >= 11 is 5.08. The summed E-state index contributed by atoms with van der Waals surface area (Å²) in [7, 11) is 0. The molecule has 0 aliphatic rings. The van der Waals surface area contributed by atoms with Crippen molar-refractivity contribution in [3.63, 3.8) is 0 Å². The molecule has 4 rings (SSSR count). The molecule has 0 saturated carbocycles. The van der Waals surface area contributed by atoms with Gasteiger partial charge in [-0.05, 0) is 46.5 Å². The zero-order chi connectivity index (χ0) is 19.5. The van der Waals surface area contributed by atoms with Gasteiger partial charge in [-0.1, -0.05) is 66.4 Å². The van der Waals surface area contributed by atoms with Crippen LogP contribution in [-0.2, 0) is 12.3 Å². The Labute approximate surface area is 176 Å². The van der Waals surface area contributed by atoms with Gasteiger partial charge in [-0.15, -0.1) is 10.2 Å². The molecule has 2 aromatic carbocycles. The number of aryl methyl sites for hydroxylation is 1. The Hall–Kier alpha value is -2.38. The van der Waals surface area contributed by atoms with Gasteiger partial charge in [-0.2, -0.15) is 5.10 Å². The summed E-state index contributed by atoms with van der Waals surface area (Å²) in [5, 5.41) is 13.4. The van der Waals surface area contributed by atoms with Crippen LogP contribution in [0.15, 0.2) is 68.7 Å². The van der Waals surface area contributed by atoms with Gasteiger partial charge in [-0.25, -0.2) is 0 Å². The van der Waals surface area contributed by atoms with Crippen molar-refractivity contribution in [3.05, 3.63) is 81.9 Å². The average molecular weight is 455 g/mol. The molecule has 2 heterocycles. The summed E-state index contributed by atoms with van der Waals surface area (Å²) in [5.74, 6) is 1.33. The molecule has 0 fully saturated rings. The number of rotatable bonds is 6. The quantitative estimate of drug-likeness (QED) is 0.352. The SMILES string of the molecule is Cc1nn(Cc2nnc(SCc3cccc(-c4ccccc4)c3)o2)c(C)c1Br. The van der Waals surface area contributed by atoms with E-state index in [9.17, 15) is 0 Å². The van der Waals surface area contributed by atoms with Crippen LogP contribution < -0.4 is 0 Å². The predicted molar refractivity (Wildman–Crippen MR) is 114 cm³/mol. The van der Waals surface area contributed by atoms with E-state index in [1.165, 1.54) is 16.7 Å². The molecule has 4 aromatic rings. The smallest absolute Gasteiger partial charge is 0.276 e. The van der Waals surface area contributed by atoms with Gasteiger partial charge in [0.1, 0.15) is 6.54 Å². The molecule has 5 nitrogen and oxygen atoms in total. The van der Waals surface area contributed by atoms with Crippen LogP contribution >= 0.6 is 27.7 Å². The highest BCUT2D eigenvalue weighted by atomic mass is 79.9. The van der Waals surface area contributed by atoms with Crippen LogP contribution in [0.2, 0.25) is 0 Å². The second-order valence-corrected chi connectivity index (χ2v) is 8.18. The second-order valence-electron chi connectivity index (χ2n) is 6.46. The van der Waals surface area contributed by atoms with Crippen LogP contribution in [0.4, 0.5) is 0 Å². The first kappa shape index (κ1) is 19.0. The van der Waals surface area contributed by atoms with Crippen LogP contribution in [0.3, 0.4) is 0 Å². The molecule has 0 spiro atoms. The molecule has 0 atom stereocenters. The van der Waals surface area contributed by atoms with Crippen LogP contribution in [0.5, 0.6) is 0 Å². The van der Waals surface area contributed by atoms with Crippen molar-refractivity contribution in [2.45, 2.75) is 31.4 Å². The van der Waals surface area contributed by atoms with Gasteiger partial charge in [-0.3, -0.25) is 4.68 Å². The Kier molecular flexibility index (Phi) is 5.64. The van der Waals surface area contributed by atoms with Gasteiger partial charge in [0, 0.05) is 5.75 Å². The number of halogens is 1. The lowest BCUT2D eigenvalue weighted by atomic mass is 10.0. The first-order chi connectivity index (χ1) is 13.6. The van der Waals surface area contributed by atoms with Crippen molar-refractivity contribution >= 4 is 27.7 Å². The Morgan fingerprint density at radius 3 is 2.54 bits per heavy atom. The molecule has 0 saturated heterocycles. The lowest BCUT2D eigenvalue weighted by Gasteiger charge is -2.04. The van der Waals surface area contributed by atoms with Gasteiger partial charge >= 0.3 is 0 Å². The summed E-state index contributed by atoms with van der Waals surface area (Å²) in [4.78, 5) is 0. The number of hydrogen-bond donors (Lipinski definition) is 0. The van der Waals surface area contributed by atoms with Crippen LogP contribution in [-0.4, -0.2) is 20.0 Å². The van der Waals surface area contributed by atoms with Crippen molar-refractivity contribution in [2.75, 3.05) is 0 Å². The third-order valence-corrected chi connectivity index (χ3v) is 6.46. The van der Waals surface area contributed by atoms with E-state index in [2.05, 4.69) is 79.8 Å². The maximum Gasteiger partial charge on any atom is 0.276 e. The van der Waals surface area contributed by atoms with Crippen molar-refractivity contribution in [3.8, 4) is 11.1 Å². The van der Waals surface area contributed by atoms with E-state index in [-0.39, 0.29) is 0 Å². The van der Waals surface area contributed by atoms with E-state index in [1.54, 1.807) is 11.8 Å². The van der Waals surface area contributed by atoms with E-state index in [1.807, 2.05) is 24.6 Å². The Morgan fingerprint density at radius 2 is 1.79 bits per heavy atom. The zero-order valence-corrected chi connectivity index (χ0v) is 18.0. The number of benzene rings is 2. The Morgan fingerprint density at radius 1 is 1.00 bits per heavy atom. The van der Waals surface area contributed by atoms with Crippen molar-refractivity contribution < 1.29 is 4.42 Å². The van der Waals surface area contributed by atoms with E-state index in [0.29, 0.717) is 17.7 Å². The van der Waals surface area contributed by atoms with E-state index in [0.717, 1.165) is 21.6 Å². The van der Waals surface area contributed by atoms with E-state index in [4.69, 9.17) is 4.42 Å². The van der Waals surface area contributed by atoms with E-state index < -0.39 is 0 Å². The summed E-state index contributed by atoms with van der Waals surface area (Å²) in [6.45, 7) is 4.44. The number of nitrogens with zero attached hydrogens (tertiary/aromatic N) is 4. The minimum absolute atomic E-state index is 0.468. The molecule has 0 aliphatic heterocycles. The zero-order valence-electron chi connectivity index (χ0n) is 15.6. The third kappa shape index (κ3) is 4.20. The first-order valence-electron chi connectivity index (χ1n) is 8.89. The molecule has 0 N–H and O–H groups in total. The minimum Gasteiger partial charge on any atom is -0.414 e. The Balaban J connectivity index is 1.42. The molecule has 0 bridgehead atoms. The topological polar surface area (TPSA) is 56.7 Å². The molecule has 28 heavy (non-hydrogen) atoms. The molecule has 0 amide bonds. The number of thioether (sulfide) groups is 1. The van der Waals surface area contributed by atoms with Gasteiger partial charge < -0.3 is 4.42 Å². The van der Waals surface area contributed by atoms with Crippen LogP contribution in [0.25, 0.3) is 11.1 Å². The molecule has 0 aliphatic carbocycles. The maximum atomic E-state index is 5.79. The van der Waals surface area contributed by atoms with Gasteiger partial charge in [0.25, 0.3) is 5.22 Å². The van der Waals surface area contributed by atoms with Crippen LogP contribution in [0.1, 0.15) is 22.8 Å². The fourth-order valence-electron chi connectivity index (χ4n) is 2.93. The highest BCUT2D eigenvalue weighted by Gasteiger charge is 2.13. The number of aromatic nitrogens is 4. The molecule has 7 heteroatoms. The lowest BCUT2D eigenvalue weighted by molar-refractivity contribution is 0.396. The fourth-order valence-corrected chi connectivity index (χ4v) is 3.94. The normalized spacial score (nSPS) is 11.1. The van der Waals surface area contributed by atoms with E-state index >= 15 is 0 Å². The average Bonchev–Trinajstić information content (AvgIpc) is 3.27. The highest BCUT2D eigenvalue weighted by molar-refractivity contribution is 9.10. The minimum atomic E-state index is 0.468. The fraction of sp³-hybridized carbons (Fsp3) is 0.190. The largest absolute Gasteiger partial charge is 0.414 e. The molecule has 2 aromatic heterocycles. The summed E-state index contributed by atoms with van der Waals surface area (Å²) in [6.07, 6.45) is 0. The lowest BCUT2D eigenvalue weighted by Crippen LogP contribution is -2.04. The van der Waals surface area contributed by atoms with Crippen molar-refractivity contribution in [1.29, 1.82) is 0 Å². The standard InChI is InChI=1S/C21H19BrN4OS/c1-14-20(22)15(2)26(25-14)12-19-23-24-21(27-19)28-13-16-7-6-10-18(11-16)17-8-4-3-5-9-17/h3-11H,12-13H2,1-2H3. The summed E-state index contributed by atoms with van der Waals surface area (Å²) in [6, 6.07) is 18.9. The molecule has 142 valence electrons. The van der Waals surface area contributed by atoms with Gasteiger partial charge in [0.05, 0.1) is 15.9 Å². The Bertz CT molecular complexity index is 1090. The van der Waals surface area contributed by atoms with Crippen LogP contribution in [0, 0.1) is 13.8 Å². The molecule has 0 unspecified atom stereocenters. The predicted octanol–water partition coefficient (Wildman–Crippen LogP) is 5.65. The van der Waals surface area contributed by atoms with Gasteiger partial charge in [0.2, 0.25) is 5.89 Å². The summed E-state index contributed by atoms with van der Waals surface area (Å²) in [5.41, 5.74) is 5.63. The van der Waals surface area contributed by atoms with Gasteiger partial charge in [0.15, 0.2) is 0 Å². The van der Waals surface area contributed by atoms with Crippen molar-refractivity contribution in [1.82, 2.24) is 20.0 Å². The first-order valence-corrected chi connectivity index (χ1v) is 10.7. The molecule has 0 radical (unpaired) electrons. The second kappa shape index (κ2) is 8.32. The van der Waals surface area contributed by atoms with Crippen molar-refractivity contribution in [2.24, 2.45) is 0 Å². The third-order valence-electron chi connectivity index (χ3n) is 4.42. The highest BCUT2D eigenvalue weighted by Crippen LogP contribution is 2.26. The molecular formula is C21H19BrN4OS. The molecular weight excluding hydrogens is 436 g/mol. The monoisotopic (exact) mass is 454 g/mol.